The van der Waals surface area contributed by atoms with E-state index in [4.69, 9.17) is 9.47 Å². The summed E-state index contributed by atoms with van der Waals surface area (Å²) in [5, 5.41) is 0.905. The molecule has 1 N–H and O–H groups in total. The summed E-state index contributed by atoms with van der Waals surface area (Å²) in [4.78, 5) is 33.8. The average Bonchev–Trinajstić information content (AvgIpc) is 3.53. The number of sulfone groups is 1. The summed E-state index contributed by atoms with van der Waals surface area (Å²) in [7, 11) is -0.146. The van der Waals surface area contributed by atoms with E-state index in [9.17, 15) is 18.0 Å². The standard InChI is InChI=1S/C30H31N3O6S/c1-4-40(36,37)22-9-7-21(8-10-22)39-28-16-20-15-26(24-11-5-19(18-31-24)6-14-30(35)38-3)32-25(20)17-23(28)27-12-13-29(34)33(27)2/h5,7-11,15-18,27,32H,4,6,12-14H2,1-3H3. The van der Waals surface area contributed by atoms with E-state index in [1.165, 1.54) is 7.11 Å². The first kappa shape index (κ1) is 27.4. The molecule has 3 heterocycles. The van der Waals surface area contributed by atoms with Crippen molar-refractivity contribution < 1.29 is 27.5 Å². The van der Waals surface area contributed by atoms with Crippen LogP contribution in [-0.4, -0.2) is 55.1 Å². The molecule has 40 heavy (non-hydrogen) atoms. The van der Waals surface area contributed by atoms with Crippen molar-refractivity contribution in [3.8, 4) is 22.9 Å². The van der Waals surface area contributed by atoms with Crippen molar-refractivity contribution in [2.24, 2.45) is 0 Å². The van der Waals surface area contributed by atoms with Crippen LogP contribution in [-0.2, 0) is 30.6 Å². The molecule has 208 valence electrons. The average molecular weight is 562 g/mol. The molecule has 1 saturated heterocycles. The van der Waals surface area contributed by atoms with Crippen LogP contribution >= 0.6 is 0 Å². The smallest absolute Gasteiger partial charge is 0.305 e. The van der Waals surface area contributed by atoms with Crippen molar-refractivity contribution in [3.63, 3.8) is 0 Å². The quantitative estimate of drug-likeness (QED) is 0.279. The highest BCUT2D eigenvalue weighted by Crippen LogP contribution is 2.41. The van der Waals surface area contributed by atoms with E-state index >= 15 is 0 Å². The molecular weight excluding hydrogens is 530 g/mol. The van der Waals surface area contributed by atoms with Crippen molar-refractivity contribution in [3.05, 3.63) is 71.9 Å². The van der Waals surface area contributed by atoms with E-state index in [1.54, 1.807) is 49.3 Å². The molecule has 5 rings (SSSR count). The minimum Gasteiger partial charge on any atom is -0.469 e. The Kier molecular flexibility index (Phi) is 7.62. The van der Waals surface area contributed by atoms with Gasteiger partial charge < -0.3 is 19.4 Å². The van der Waals surface area contributed by atoms with Gasteiger partial charge in [-0.15, -0.1) is 0 Å². The summed E-state index contributed by atoms with van der Waals surface area (Å²) in [6, 6.07) is 16.0. The predicted molar refractivity (Wildman–Crippen MR) is 151 cm³/mol. The monoisotopic (exact) mass is 561 g/mol. The Labute approximate surface area is 233 Å². The second-order valence-corrected chi connectivity index (χ2v) is 12.1. The lowest BCUT2D eigenvalue weighted by atomic mass is 10.0. The number of ether oxygens (including phenoxy) is 2. The second kappa shape index (κ2) is 11.1. The van der Waals surface area contributed by atoms with Crippen molar-refractivity contribution >= 4 is 32.6 Å². The lowest BCUT2D eigenvalue weighted by Crippen LogP contribution is -2.22. The predicted octanol–water partition coefficient (Wildman–Crippen LogP) is 5.21. The van der Waals surface area contributed by atoms with Crippen molar-refractivity contribution in [2.75, 3.05) is 19.9 Å². The Balaban J connectivity index is 1.48. The summed E-state index contributed by atoms with van der Waals surface area (Å²) >= 11 is 0. The number of esters is 1. The Morgan fingerprint density at radius 3 is 2.52 bits per heavy atom. The minimum absolute atomic E-state index is 0.0248. The first-order chi connectivity index (χ1) is 19.2. The number of methoxy groups -OCH3 is 1. The lowest BCUT2D eigenvalue weighted by Gasteiger charge is -2.23. The molecule has 0 radical (unpaired) electrons. The van der Waals surface area contributed by atoms with E-state index in [0.29, 0.717) is 37.2 Å². The van der Waals surface area contributed by atoms with Crippen LogP contribution in [0, 0.1) is 0 Å². The van der Waals surface area contributed by atoms with Gasteiger partial charge >= 0.3 is 5.97 Å². The van der Waals surface area contributed by atoms with Gasteiger partial charge in [0.05, 0.1) is 35.2 Å². The summed E-state index contributed by atoms with van der Waals surface area (Å²) in [5.41, 5.74) is 4.26. The molecule has 1 fully saturated rings. The highest BCUT2D eigenvalue weighted by atomic mass is 32.2. The summed E-state index contributed by atoms with van der Waals surface area (Å²) in [5.74, 6) is 0.944. The van der Waals surface area contributed by atoms with Gasteiger partial charge in [-0.3, -0.25) is 14.6 Å². The number of hydrogen-bond donors (Lipinski definition) is 1. The largest absolute Gasteiger partial charge is 0.469 e. The van der Waals surface area contributed by atoms with Crippen molar-refractivity contribution in [1.29, 1.82) is 0 Å². The number of amides is 1. The maximum absolute atomic E-state index is 12.4. The van der Waals surface area contributed by atoms with E-state index in [2.05, 4.69) is 9.97 Å². The third-order valence-electron chi connectivity index (χ3n) is 7.34. The molecular formula is C30H31N3O6S. The highest BCUT2D eigenvalue weighted by Gasteiger charge is 2.31. The zero-order valence-corrected chi connectivity index (χ0v) is 23.5. The molecule has 9 nitrogen and oxygen atoms in total. The SMILES string of the molecule is CCS(=O)(=O)c1ccc(Oc2cc3cc(-c4ccc(CCC(=O)OC)cn4)[nH]c3cc2C2CCC(=O)N2C)cc1. The zero-order chi connectivity index (χ0) is 28.4. The summed E-state index contributed by atoms with van der Waals surface area (Å²) in [6.45, 7) is 1.61. The minimum atomic E-state index is -3.32. The molecule has 2 aromatic heterocycles. The summed E-state index contributed by atoms with van der Waals surface area (Å²) in [6.07, 6.45) is 3.74. The van der Waals surface area contributed by atoms with Gasteiger partial charge in [-0.1, -0.05) is 13.0 Å². The molecule has 1 unspecified atom stereocenters. The molecule has 4 aromatic rings. The lowest BCUT2D eigenvalue weighted by molar-refractivity contribution is -0.140. The van der Waals surface area contributed by atoms with Gasteiger partial charge in [0.15, 0.2) is 9.84 Å². The van der Waals surface area contributed by atoms with Crippen LogP contribution in [0.1, 0.15) is 43.4 Å². The van der Waals surface area contributed by atoms with Gasteiger partial charge in [0.1, 0.15) is 11.5 Å². The fourth-order valence-corrected chi connectivity index (χ4v) is 5.80. The molecule has 2 aromatic carbocycles. The molecule has 0 bridgehead atoms. The van der Waals surface area contributed by atoms with Crippen molar-refractivity contribution in [1.82, 2.24) is 14.9 Å². The number of fused-ring (bicyclic) bond motifs is 1. The number of rotatable bonds is 9. The van der Waals surface area contributed by atoms with Crippen LogP contribution in [0.2, 0.25) is 0 Å². The first-order valence-corrected chi connectivity index (χ1v) is 14.8. The van der Waals surface area contributed by atoms with E-state index < -0.39 is 9.84 Å². The van der Waals surface area contributed by atoms with E-state index in [-0.39, 0.29) is 28.6 Å². The third kappa shape index (κ3) is 5.58. The van der Waals surface area contributed by atoms with E-state index in [1.807, 2.05) is 30.3 Å². The number of benzene rings is 2. The Hall–Kier alpha value is -4.18. The fourth-order valence-electron chi connectivity index (χ4n) is 4.92. The number of carbonyl (C=O) groups is 2. The van der Waals surface area contributed by atoms with Gasteiger partial charge in [0.25, 0.3) is 0 Å². The fraction of sp³-hybridized carbons (Fsp3) is 0.300. The number of likely N-dealkylation sites (tertiary alicyclic amines) is 1. The van der Waals surface area contributed by atoms with Crippen LogP contribution < -0.4 is 4.74 Å². The van der Waals surface area contributed by atoms with Gasteiger partial charge in [0.2, 0.25) is 5.91 Å². The number of aromatic nitrogens is 2. The molecule has 0 saturated carbocycles. The number of pyridine rings is 1. The molecule has 0 aliphatic carbocycles. The number of nitrogens with one attached hydrogen (secondary N) is 1. The van der Waals surface area contributed by atoms with Gasteiger partial charge in [0, 0.05) is 42.6 Å². The molecule has 1 aliphatic rings. The zero-order valence-electron chi connectivity index (χ0n) is 22.6. The number of aryl methyl sites for hydroxylation is 1. The maximum Gasteiger partial charge on any atom is 0.305 e. The molecule has 1 atom stereocenters. The van der Waals surface area contributed by atoms with Crippen molar-refractivity contribution in [2.45, 2.75) is 43.5 Å². The molecule has 1 aliphatic heterocycles. The number of hydrogen-bond acceptors (Lipinski definition) is 7. The second-order valence-electron chi connectivity index (χ2n) is 9.82. The first-order valence-electron chi connectivity index (χ1n) is 13.1. The van der Waals surface area contributed by atoms with Crippen LogP contribution in [0.25, 0.3) is 22.3 Å². The number of H-pyrrole nitrogens is 1. The molecule has 10 heteroatoms. The number of carbonyl (C=O) groups excluding carboxylic acids is 2. The van der Waals surface area contributed by atoms with Gasteiger partial charge in [-0.2, -0.15) is 0 Å². The van der Waals surface area contributed by atoms with Crippen LogP contribution in [0.15, 0.2) is 65.7 Å². The normalized spacial score (nSPS) is 15.5. The Bertz CT molecular complexity index is 1660. The Morgan fingerprint density at radius 2 is 1.90 bits per heavy atom. The number of aromatic amines is 1. The topological polar surface area (TPSA) is 119 Å². The summed E-state index contributed by atoms with van der Waals surface area (Å²) < 4.78 is 35.4. The van der Waals surface area contributed by atoms with E-state index in [0.717, 1.165) is 33.4 Å². The Morgan fingerprint density at radius 1 is 1.12 bits per heavy atom. The maximum atomic E-state index is 12.4. The molecule has 1 amide bonds. The van der Waals surface area contributed by atoms with Crippen LogP contribution in [0.5, 0.6) is 11.5 Å². The van der Waals surface area contributed by atoms with Crippen LogP contribution in [0.4, 0.5) is 0 Å². The van der Waals surface area contributed by atoms with Gasteiger partial charge in [-0.25, -0.2) is 8.42 Å². The third-order valence-corrected chi connectivity index (χ3v) is 9.09. The highest BCUT2D eigenvalue weighted by molar-refractivity contribution is 7.91. The number of nitrogens with zero attached hydrogens (tertiary/aromatic N) is 2. The van der Waals surface area contributed by atoms with Gasteiger partial charge in [-0.05, 0) is 66.9 Å². The molecule has 0 spiro atoms. The van der Waals surface area contributed by atoms with Crippen LogP contribution in [0.3, 0.4) is 0 Å².